The molecule has 0 saturated heterocycles. The van der Waals surface area contributed by atoms with Gasteiger partial charge in [-0.15, -0.1) is 0 Å². The summed E-state index contributed by atoms with van der Waals surface area (Å²) in [6.45, 7) is 0. The Morgan fingerprint density at radius 3 is 1.95 bits per heavy atom. The van der Waals surface area contributed by atoms with Crippen LogP contribution in [0.4, 0.5) is 17.3 Å². The molecule has 0 N–H and O–H groups in total. The van der Waals surface area contributed by atoms with Gasteiger partial charge < -0.3 is 17.3 Å². The molecule has 0 bridgehead atoms. The molecular weight excluding hydrogens is 385 g/mol. The molecule has 2 aromatic carbocycles. The number of nitrogens with zero attached hydrogens (tertiary/aromatic N) is 1. The zero-order chi connectivity index (χ0) is 14.6. The minimum atomic E-state index is -6.00. The van der Waals surface area contributed by atoms with Crippen molar-refractivity contribution in [2.75, 3.05) is 0 Å². The molecule has 0 unspecified atom stereocenters. The first-order valence-electron chi connectivity index (χ1n) is 5.77. The summed E-state index contributed by atoms with van der Waals surface area (Å²) in [7, 11) is -6.00. The average Bonchev–Trinajstić information content (AvgIpc) is 2.81. The molecule has 0 spiro atoms. The van der Waals surface area contributed by atoms with E-state index in [1.54, 1.807) is 0 Å². The molecule has 1 nitrogen and oxygen atoms in total. The number of rotatable bonds is 1. The van der Waals surface area contributed by atoms with Crippen LogP contribution < -0.4 is 2.79 Å². The van der Waals surface area contributed by atoms with Gasteiger partial charge in [0, 0.05) is 0 Å². The van der Waals surface area contributed by atoms with E-state index in [0.29, 0.717) is 0 Å². The maximum absolute atomic E-state index is 9.75. The van der Waals surface area contributed by atoms with E-state index < -0.39 is 7.25 Å². The van der Waals surface area contributed by atoms with Crippen molar-refractivity contribution in [2.45, 2.75) is 0 Å². The van der Waals surface area contributed by atoms with Crippen LogP contribution in [0.3, 0.4) is 0 Å². The Morgan fingerprint density at radius 1 is 0.800 bits per heavy atom. The second-order valence-electron chi connectivity index (χ2n) is 3.91. The normalized spacial score (nSPS) is 11.0. The molecule has 3 aromatic rings. The van der Waals surface area contributed by atoms with Gasteiger partial charge in [-0.3, -0.25) is 0 Å². The van der Waals surface area contributed by atoms with Crippen molar-refractivity contribution in [2.24, 2.45) is 0 Å². The summed E-state index contributed by atoms with van der Waals surface area (Å²) in [6.07, 6.45) is 2.27. The van der Waals surface area contributed by atoms with E-state index in [-0.39, 0.29) is 20.7 Å². The van der Waals surface area contributed by atoms with Crippen LogP contribution in [0, 0.1) is 0 Å². The van der Waals surface area contributed by atoms with Gasteiger partial charge in [0.15, 0.2) is 0 Å². The molecule has 0 atom stereocenters. The third kappa shape index (κ3) is 4.66. The van der Waals surface area contributed by atoms with Crippen molar-refractivity contribution in [1.82, 2.24) is 0 Å². The fourth-order valence-corrected chi connectivity index (χ4v) is 4.40. The Balaban J connectivity index is 0.000000257. The van der Waals surface area contributed by atoms with Crippen LogP contribution in [-0.4, -0.2) is 28.0 Å². The first kappa shape index (κ1) is 15.1. The number of para-hydroxylation sites is 1. The summed E-state index contributed by atoms with van der Waals surface area (Å²) in [5.74, 6) is 0. The fourth-order valence-electron chi connectivity index (χ4n) is 1.63. The van der Waals surface area contributed by atoms with E-state index >= 15 is 0 Å². The molecule has 3 rings (SSSR count). The van der Waals surface area contributed by atoms with Crippen LogP contribution in [0.1, 0.15) is 0 Å². The van der Waals surface area contributed by atoms with Gasteiger partial charge in [0.1, 0.15) is 0 Å². The molecule has 0 aliphatic carbocycles. The average molecular weight is 395 g/mol. The molecule has 0 saturated carbocycles. The monoisotopic (exact) mass is 397 g/mol. The summed E-state index contributed by atoms with van der Waals surface area (Å²) >= 11 is -0.232. The Hall–Kier alpha value is -1.32. The molecule has 1 heterocycles. The van der Waals surface area contributed by atoms with Gasteiger partial charge in [0.05, 0.1) is 0 Å². The second-order valence-corrected chi connectivity index (χ2v) is 6.81. The van der Waals surface area contributed by atoms with Crippen molar-refractivity contribution in [3.8, 4) is 5.69 Å². The van der Waals surface area contributed by atoms with Crippen molar-refractivity contribution in [1.29, 1.82) is 0 Å². The van der Waals surface area contributed by atoms with E-state index in [1.165, 1.54) is 14.5 Å². The molecule has 0 aliphatic rings. The molecule has 0 amide bonds. The van der Waals surface area contributed by atoms with Crippen LogP contribution in [0.2, 0.25) is 0 Å². The van der Waals surface area contributed by atoms with Crippen molar-refractivity contribution >= 4 is 36.8 Å². The van der Waals surface area contributed by atoms with Crippen LogP contribution in [-0.2, 0) is 0 Å². The van der Waals surface area contributed by atoms with E-state index in [1.807, 2.05) is 0 Å². The van der Waals surface area contributed by atoms with E-state index in [4.69, 9.17) is 0 Å². The van der Waals surface area contributed by atoms with Crippen LogP contribution >= 0.6 is 0 Å². The number of hydrogen-bond acceptors (Lipinski definition) is 0. The van der Waals surface area contributed by atoms with Gasteiger partial charge in [-0.05, 0) is 0 Å². The molecule has 104 valence electrons. The van der Waals surface area contributed by atoms with Gasteiger partial charge in [0.2, 0.25) is 0 Å². The van der Waals surface area contributed by atoms with Crippen molar-refractivity contribution < 1.29 is 20.1 Å². The van der Waals surface area contributed by atoms with Gasteiger partial charge >= 0.3 is 106 Å². The Bertz CT molecular complexity index is 642. The molecule has 20 heavy (non-hydrogen) atoms. The SMILES string of the molecule is F[B-](F)(F)F.c1ccc(-[n+]2cc3ccccc3[te]2)cc1. The first-order chi connectivity index (χ1) is 9.43. The van der Waals surface area contributed by atoms with Gasteiger partial charge in [-0.25, -0.2) is 0 Å². The van der Waals surface area contributed by atoms with E-state index in [2.05, 4.69) is 63.6 Å². The van der Waals surface area contributed by atoms with Crippen molar-refractivity contribution in [3.63, 3.8) is 0 Å². The minimum absolute atomic E-state index is 0.232. The Kier molecular flexibility index (Phi) is 4.84. The number of hydrogen-bond donors (Lipinski definition) is 0. The third-order valence-electron chi connectivity index (χ3n) is 2.38. The third-order valence-corrected chi connectivity index (χ3v) is 5.47. The number of fused-ring (bicyclic) bond motifs is 1. The number of aromatic nitrogens is 1. The predicted molar refractivity (Wildman–Crippen MR) is 72.6 cm³/mol. The van der Waals surface area contributed by atoms with Crippen LogP contribution in [0.15, 0.2) is 60.8 Å². The maximum atomic E-state index is 9.75. The van der Waals surface area contributed by atoms with Crippen LogP contribution in [0.5, 0.6) is 0 Å². The summed E-state index contributed by atoms with van der Waals surface area (Å²) in [5.41, 5.74) is 1.32. The van der Waals surface area contributed by atoms with Crippen molar-refractivity contribution in [3.05, 3.63) is 60.8 Å². The summed E-state index contributed by atoms with van der Waals surface area (Å²) in [5, 5.41) is 1.39. The second kappa shape index (κ2) is 6.42. The zero-order valence-electron chi connectivity index (χ0n) is 10.2. The van der Waals surface area contributed by atoms with E-state index in [9.17, 15) is 17.3 Å². The first-order valence-corrected chi connectivity index (χ1v) is 7.98. The summed E-state index contributed by atoms with van der Waals surface area (Å²) in [4.78, 5) is 0. The molecule has 0 radical (unpaired) electrons. The summed E-state index contributed by atoms with van der Waals surface area (Å²) < 4.78 is 42.9. The van der Waals surface area contributed by atoms with E-state index in [0.717, 1.165) is 0 Å². The number of benzene rings is 2. The molecule has 7 heteroatoms. The fraction of sp³-hybridized carbons (Fsp3) is 0. The number of halogens is 4. The zero-order valence-corrected chi connectivity index (χ0v) is 12.5. The van der Waals surface area contributed by atoms with Gasteiger partial charge in [-0.2, -0.15) is 0 Å². The Labute approximate surface area is 123 Å². The quantitative estimate of drug-likeness (QED) is 0.439. The molecule has 0 aliphatic heterocycles. The summed E-state index contributed by atoms with van der Waals surface area (Å²) in [6, 6.07) is 19.3. The Morgan fingerprint density at radius 2 is 1.35 bits per heavy atom. The topological polar surface area (TPSA) is 3.88 Å². The van der Waals surface area contributed by atoms with Gasteiger partial charge in [-0.1, -0.05) is 0 Å². The predicted octanol–water partition coefficient (Wildman–Crippen LogP) is 3.47. The van der Waals surface area contributed by atoms with Crippen LogP contribution in [0.25, 0.3) is 14.5 Å². The molecule has 1 aromatic heterocycles. The standard InChI is InChI=1S/C13H10NTe.BF4/c1-2-7-12(8-3-1)14-10-11-6-4-5-9-13(11)15-14;2-1(3,4)5/h1-10H;/q+1;-1. The molecule has 0 fully saturated rings. The molecular formula is C13H10BF4NTe. The van der Waals surface area contributed by atoms with Gasteiger partial charge in [0.25, 0.3) is 0 Å².